The van der Waals surface area contributed by atoms with Gasteiger partial charge in [-0.15, -0.1) is 0 Å². The molecule has 1 atom stereocenters. The van der Waals surface area contributed by atoms with Gasteiger partial charge >= 0.3 is 6.61 Å². The molecule has 2 N–H and O–H groups in total. The number of halogens is 2. The first-order valence-electron chi connectivity index (χ1n) is 9.93. The number of hydrogen-bond donors (Lipinski definition) is 2. The van der Waals surface area contributed by atoms with E-state index in [0.29, 0.717) is 36.3 Å². The van der Waals surface area contributed by atoms with Gasteiger partial charge in [0.25, 0.3) is 0 Å². The summed E-state index contributed by atoms with van der Waals surface area (Å²) in [6, 6.07) is 5.12. The Bertz CT molecular complexity index is 628. The third-order valence-corrected chi connectivity index (χ3v) is 4.85. The zero-order valence-corrected chi connectivity index (χ0v) is 17.0. The standard InChI is InChI=1S/C20H32F2N4O2/c1-4-26-11-7-8-15(14-26)12-24-20(23-3)25-13-16-9-6-10-17(27-5-2)18(16)28-19(21)22/h6,9-10,15,19H,4-5,7-8,11-14H2,1-3H3,(H2,23,24,25). The first-order valence-corrected chi connectivity index (χ1v) is 9.93. The predicted molar refractivity (Wildman–Crippen MR) is 107 cm³/mol. The van der Waals surface area contributed by atoms with Crippen molar-refractivity contribution in [2.75, 3.05) is 39.8 Å². The van der Waals surface area contributed by atoms with Gasteiger partial charge in [-0.2, -0.15) is 8.78 Å². The predicted octanol–water partition coefficient (Wildman–Crippen LogP) is 3.08. The van der Waals surface area contributed by atoms with E-state index in [1.807, 2.05) is 0 Å². The molecule has 1 aromatic rings. The number of guanidine groups is 1. The summed E-state index contributed by atoms with van der Waals surface area (Å²) in [7, 11) is 1.70. The van der Waals surface area contributed by atoms with Gasteiger partial charge < -0.3 is 25.0 Å². The molecule has 1 aromatic carbocycles. The van der Waals surface area contributed by atoms with E-state index in [0.717, 1.165) is 19.6 Å². The van der Waals surface area contributed by atoms with Crippen LogP contribution in [0, 0.1) is 5.92 Å². The van der Waals surface area contributed by atoms with Crippen LogP contribution in [0.25, 0.3) is 0 Å². The molecule has 1 aliphatic heterocycles. The Morgan fingerprint density at radius 2 is 2.14 bits per heavy atom. The Labute approximate surface area is 166 Å². The van der Waals surface area contributed by atoms with Crippen molar-refractivity contribution in [2.24, 2.45) is 10.9 Å². The van der Waals surface area contributed by atoms with Gasteiger partial charge in [0, 0.05) is 32.2 Å². The number of aliphatic imine (C=N–C) groups is 1. The number of nitrogens with one attached hydrogen (secondary N) is 2. The molecule has 158 valence electrons. The first kappa shape index (κ1) is 22.2. The number of benzene rings is 1. The first-order chi connectivity index (χ1) is 13.6. The van der Waals surface area contributed by atoms with Crippen LogP contribution in [0.5, 0.6) is 11.5 Å². The second-order valence-corrected chi connectivity index (χ2v) is 6.76. The van der Waals surface area contributed by atoms with Crippen LogP contribution in [-0.4, -0.2) is 57.3 Å². The number of piperidine rings is 1. The Hall–Kier alpha value is -2.09. The van der Waals surface area contributed by atoms with E-state index in [1.165, 1.54) is 19.4 Å². The Morgan fingerprint density at radius 3 is 2.82 bits per heavy atom. The molecule has 1 heterocycles. The molecule has 0 radical (unpaired) electrons. The highest BCUT2D eigenvalue weighted by molar-refractivity contribution is 5.79. The largest absolute Gasteiger partial charge is 0.490 e. The average molecular weight is 398 g/mol. The summed E-state index contributed by atoms with van der Waals surface area (Å²) in [5, 5.41) is 6.52. The fourth-order valence-corrected chi connectivity index (χ4v) is 3.44. The molecule has 0 saturated carbocycles. The lowest BCUT2D eigenvalue weighted by molar-refractivity contribution is -0.0520. The number of alkyl halides is 2. The number of para-hydroxylation sites is 1. The quantitative estimate of drug-likeness (QED) is 0.495. The highest BCUT2D eigenvalue weighted by Crippen LogP contribution is 2.32. The highest BCUT2D eigenvalue weighted by Gasteiger charge is 2.19. The van der Waals surface area contributed by atoms with Crippen molar-refractivity contribution >= 4 is 5.96 Å². The average Bonchev–Trinajstić information content (AvgIpc) is 2.70. The maximum atomic E-state index is 12.8. The number of rotatable bonds is 9. The van der Waals surface area contributed by atoms with Crippen molar-refractivity contribution in [2.45, 2.75) is 39.8 Å². The van der Waals surface area contributed by atoms with E-state index in [9.17, 15) is 8.78 Å². The summed E-state index contributed by atoms with van der Waals surface area (Å²) in [5.74, 6) is 1.59. The van der Waals surface area contributed by atoms with Crippen molar-refractivity contribution in [3.63, 3.8) is 0 Å². The lowest BCUT2D eigenvalue weighted by Gasteiger charge is -2.32. The summed E-state index contributed by atoms with van der Waals surface area (Å²) in [5.41, 5.74) is 0.587. The van der Waals surface area contributed by atoms with Crippen LogP contribution in [-0.2, 0) is 6.54 Å². The maximum absolute atomic E-state index is 12.8. The highest BCUT2D eigenvalue weighted by atomic mass is 19.3. The summed E-state index contributed by atoms with van der Waals surface area (Å²) in [6.07, 6.45) is 2.41. The van der Waals surface area contributed by atoms with Crippen LogP contribution in [0.1, 0.15) is 32.3 Å². The monoisotopic (exact) mass is 398 g/mol. The SMILES string of the molecule is CCOc1cccc(CNC(=NC)NCC2CCCN(CC)C2)c1OC(F)F. The lowest BCUT2D eigenvalue weighted by Crippen LogP contribution is -2.44. The van der Waals surface area contributed by atoms with Crippen molar-refractivity contribution in [3.8, 4) is 11.5 Å². The van der Waals surface area contributed by atoms with Crippen LogP contribution in [0.15, 0.2) is 23.2 Å². The molecule has 1 aliphatic rings. The molecule has 1 unspecified atom stereocenters. The molecular weight excluding hydrogens is 366 g/mol. The van der Waals surface area contributed by atoms with Crippen LogP contribution >= 0.6 is 0 Å². The Morgan fingerprint density at radius 1 is 1.32 bits per heavy atom. The normalized spacial score (nSPS) is 18.2. The van der Waals surface area contributed by atoms with Crippen LogP contribution in [0.3, 0.4) is 0 Å². The van der Waals surface area contributed by atoms with E-state index in [2.05, 4.69) is 27.4 Å². The number of ether oxygens (including phenoxy) is 2. The van der Waals surface area contributed by atoms with E-state index >= 15 is 0 Å². The zero-order valence-electron chi connectivity index (χ0n) is 17.0. The molecule has 0 aromatic heterocycles. The molecule has 0 aliphatic carbocycles. The minimum Gasteiger partial charge on any atom is -0.490 e. The van der Waals surface area contributed by atoms with Crippen LogP contribution in [0.4, 0.5) is 8.78 Å². The van der Waals surface area contributed by atoms with Gasteiger partial charge in [-0.05, 0) is 44.8 Å². The number of nitrogens with zero attached hydrogens (tertiary/aromatic N) is 2. The number of likely N-dealkylation sites (tertiary alicyclic amines) is 1. The molecule has 0 bridgehead atoms. The smallest absolute Gasteiger partial charge is 0.387 e. The fourth-order valence-electron chi connectivity index (χ4n) is 3.44. The minimum atomic E-state index is -2.91. The van der Waals surface area contributed by atoms with Gasteiger partial charge in [-0.25, -0.2) is 0 Å². The van der Waals surface area contributed by atoms with Crippen molar-refractivity contribution in [3.05, 3.63) is 23.8 Å². The Kier molecular flexibility index (Phi) is 9.27. The summed E-state index contributed by atoms with van der Waals surface area (Å²) in [6.45, 7) is 5.91. The third-order valence-electron chi connectivity index (χ3n) is 4.85. The van der Waals surface area contributed by atoms with Gasteiger partial charge in [0.05, 0.1) is 6.61 Å². The van der Waals surface area contributed by atoms with Gasteiger partial charge in [0.2, 0.25) is 0 Å². The second kappa shape index (κ2) is 11.7. The second-order valence-electron chi connectivity index (χ2n) is 6.76. The van der Waals surface area contributed by atoms with E-state index in [4.69, 9.17) is 9.47 Å². The van der Waals surface area contributed by atoms with Gasteiger partial charge in [0.15, 0.2) is 17.5 Å². The molecule has 28 heavy (non-hydrogen) atoms. The molecule has 0 spiro atoms. The van der Waals surface area contributed by atoms with Gasteiger partial charge in [-0.1, -0.05) is 19.1 Å². The molecule has 2 rings (SSSR count). The van der Waals surface area contributed by atoms with Crippen LogP contribution < -0.4 is 20.1 Å². The van der Waals surface area contributed by atoms with E-state index < -0.39 is 6.61 Å². The van der Waals surface area contributed by atoms with Gasteiger partial charge in [-0.3, -0.25) is 4.99 Å². The zero-order chi connectivity index (χ0) is 20.4. The molecule has 8 heteroatoms. The van der Waals surface area contributed by atoms with Crippen molar-refractivity contribution in [1.82, 2.24) is 15.5 Å². The molecule has 0 amide bonds. The molecule has 1 fully saturated rings. The lowest BCUT2D eigenvalue weighted by atomic mass is 9.98. The minimum absolute atomic E-state index is 0.0631. The molecule has 1 saturated heterocycles. The summed E-state index contributed by atoms with van der Waals surface area (Å²) in [4.78, 5) is 6.69. The van der Waals surface area contributed by atoms with Crippen molar-refractivity contribution in [1.29, 1.82) is 0 Å². The topological polar surface area (TPSA) is 58.1 Å². The third kappa shape index (κ3) is 6.82. The molecule has 6 nitrogen and oxygen atoms in total. The van der Waals surface area contributed by atoms with Crippen molar-refractivity contribution < 1.29 is 18.3 Å². The fraction of sp³-hybridized carbons (Fsp3) is 0.650. The summed E-state index contributed by atoms with van der Waals surface area (Å²) >= 11 is 0. The Balaban J connectivity index is 1.94. The number of hydrogen-bond acceptors (Lipinski definition) is 4. The van der Waals surface area contributed by atoms with Crippen LogP contribution in [0.2, 0.25) is 0 Å². The summed E-state index contributed by atoms with van der Waals surface area (Å²) < 4.78 is 35.8. The maximum Gasteiger partial charge on any atom is 0.387 e. The molecular formula is C20H32F2N4O2. The van der Waals surface area contributed by atoms with E-state index in [-0.39, 0.29) is 5.75 Å². The van der Waals surface area contributed by atoms with E-state index in [1.54, 1.807) is 32.2 Å². The van der Waals surface area contributed by atoms with Gasteiger partial charge in [0.1, 0.15) is 0 Å².